The van der Waals surface area contributed by atoms with Crippen molar-refractivity contribution in [2.24, 2.45) is 5.16 Å². The monoisotopic (exact) mass is 1550 g/mol. The third kappa shape index (κ3) is 16.5. The molecule has 2 aliphatic rings. The number of benzene rings is 8. The van der Waals surface area contributed by atoms with Gasteiger partial charge in [0.1, 0.15) is 51.0 Å². The van der Waals surface area contributed by atoms with Crippen molar-refractivity contribution in [3.63, 3.8) is 0 Å². The topological polar surface area (TPSA) is 288 Å². The van der Waals surface area contributed by atoms with Gasteiger partial charge in [0.15, 0.2) is 34.6 Å². The lowest BCUT2D eigenvalue weighted by Gasteiger charge is -2.49. The Morgan fingerprint density at radius 3 is 1.55 bits per heavy atom. The fourth-order valence-electron chi connectivity index (χ4n) is 11.9. The van der Waals surface area contributed by atoms with Gasteiger partial charge in [0.05, 0.1) is 5.56 Å². The average Bonchev–Trinajstić information content (AvgIpc) is 1.08. The molecule has 1 saturated heterocycles. The first-order valence-corrected chi connectivity index (χ1v) is 37.3. The van der Waals surface area contributed by atoms with Gasteiger partial charge in [0, 0.05) is 22.6 Å². The van der Waals surface area contributed by atoms with Crippen LogP contribution in [0.5, 0.6) is 17.2 Å². The number of alkyl halides is 3. The summed E-state index contributed by atoms with van der Waals surface area (Å²) in [6.07, 6.45) is -1.76. The normalized spacial score (nSPS) is 14.2. The second-order valence-corrected chi connectivity index (χ2v) is 27.4. The molecule has 5 heterocycles. The van der Waals surface area contributed by atoms with Gasteiger partial charge < -0.3 is 39.2 Å². The second kappa shape index (κ2) is 33.7. The van der Waals surface area contributed by atoms with Crippen molar-refractivity contribution in [1.82, 2.24) is 34.8 Å². The molecule has 3 aromatic heterocycles. The average molecular weight is 1550 g/mol. The first kappa shape index (κ1) is 73.8. The third-order valence-corrected chi connectivity index (χ3v) is 20.5. The van der Waals surface area contributed by atoms with Crippen molar-refractivity contribution in [2.75, 3.05) is 34.5 Å². The Morgan fingerprint density at radius 1 is 0.598 bits per heavy atom. The van der Waals surface area contributed by atoms with E-state index in [1.54, 1.807) is 13.0 Å². The number of β-lactam (4-membered cyclic amide) rings is 1. The van der Waals surface area contributed by atoms with E-state index in [0.717, 1.165) is 51.3 Å². The van der Waals surface area contributed by atoms with E-state index < -0.39 is 123 Å². The highest BCUT2D eigenvalue weighted by molar-refractivity contribution is 8.01. The van der Waals surface area contributed by atoms with Gasteiger partial charge in [0.25, 0.3) is 23.4 Å². The van der Waals surface area contributed by atoms with Crippen LogP contribution in [0.15, 0.2) is 257 Å². The van der Waals surface area contributed by atoms with Gasteiger partial charge >= 0.3 is 35.8 Å². The molecule has 0 bridgehead atoms. The Hall–Kier alpha value is -11.5. The molecule has 538 valence electrons. The van der Waals surface area contributed by atoms with Gasteiger partial charge in [-0.15, -0.1) is 74.8 Å². The van der Waals surface area contributed by atoms with Gasteiger partial charge in [-0.25, -0.2) is 24.4 Å². The van der Waals surface area contributed by atoms with Crippen LogP contribution < -0.4 is 24.8 Å². The molecular weight excluding hydrogens is 1490 g/mol. The van der Waals surface area contributed by atoms with Crippen LogP contribution in [-0.4, -0.2) is 123 Å². The molecule has 107 heavy (non-hydrogen) atoms. The summed E-state index contributed by atoms with van der Waals surface area (Å²) in [7, 11) is 0. The number of esters is 5. The fourth-order valence-corrected chi connectivity index (χ4v) is 15.3. The Bertz CT molecular complexity index is 5000. The van der Waals surface area contributed by atoms with Gasteiger partial charge in [0.2, 0.25) is 5.75 Å². The highest BCUT2D eigenvalue weighted by atomic mass is 35.5. The first-order valence-electron chi connectivity index (χ1n) is 32.8. The van der Waals surface area contributed by atoms with Crippen LogP contribution in [0.25, 0.3) is 5.78 Å². The lowest BCUT2D eigenvalue weighted by atomic mass is 9.77. The van der Waals surface area contributed by atoms with E-state index >= 15 is 14.4 Å². The van der Waals surface area contributed by atoms with Crippen LogP contribution in [0, 0.1) is 6.92 Å². The molecule has 0 radical (unpaired) electrons. The number of aromatic nitrogens is 5. The number of hydrogen-bond acceptors (Lipinski definition) is 23. The van der Waals surface area contributed by atoms with Crippen molar-refractivity contribution in [3.8, 4) is 17.2 Å². The number of carbonyl (C=O) groups is 8. The van der Waals surface area contributed by atoms with E-state index in [2.05, 4.69) is 30.9 Å². The summed E-state index contributed by atoms with van der Waals surface area (Å²) >= 11 is 20.9. The number of oxime groups is 1. The molecule has 2 amide bonds. The van der Waals surface area contributed by atoms with Crippen LogP contribution in [0.2, 0.25) is 0 Å². The number of thiazole rings is 1. The SMILES string of the molecule is Cc1cc(SCC2=C(C(=O)OC(c3ccccc3)c3ccccc3)N3C(=O)[C@@H](NC(=O)/C(=N/OC(=O)c4cc(OC(=O)CCl)c(OC(=O)CCl)c(OC(=O)CCl)c4)c4csc(NC(c5ccccc5)(c5ccccc5)c5ccccc5)n4)[C@H]3SC2)n2nc(C(=O)OC(c3ccccc3)c3ccccc3)nc2n1. The highest BCUT2D eigenvalue weighted by Crippen LogP contribution is 2.45. The number of rotatable bonds is 27. The van der Waals surface area contributed by atoms with E-state index in [-0.39, 0.29) is 39.6 Å². The maximum absolute atomic E-state index is 15.4. The summed E-state index contributed by atoms with van der Waals surface area (Å²) < 4.78 is 30.0. The highest BCUT2D eigenvalue weighted by Gasteiger charge is 2.55. The largest absolute Gasteiger partial charge is 0.448 e. The van der Waals surface area contributed by atoms with Crippen LogP contribution in [-0.2, 0) is 48.6 Å². The number of nitrogens with zero attached hydrogens (tertiary/aromatic N) is 7. The Morgan fingerprint density at radius 2 is 1.07 bits per heavy atom. The zero-order valence-corrected chi connectivity index (χ0v) is 60.8. The van der Waals surface area contributed by atoms with Crippen molar-refractivity contribution in [3.05, 3.63) is 309 Å². The molecule has 2 N–H and O–H groups in total. The van der Waals surface area contributed by atoms with E-state index in [1.807, 2.05) is 212 Å². The smallest absolute Gasteiger partial charge is 0.379 e. The Kier molecular flexibility index (Phi) is 23.2. The fraction of sp³-hybridized carbons (Fsp3) is 0.141. The van der Waals surface area contributed by atoms with Crippen molar-refractivity contribution in [1.29, 1.82) is 0 Å². The minimum atomic E-state index is -1.39. The number of hydrogen-bond donors (Lipinski definition) is 2. The zero-order chi connectivity index (χ0) is 74.6. The van der Waals surface area contributed by atoms with Crippen molar-refractivity contribution in [2.45, 2.75) is 41.1 Å². The molecule has 29 heteroatoms. The van der Waals surface area contributed by atoms with Gasteiger partial charge in [-0.2, -0.15) is 9.50 Å². The molecule has 0 aliphatic carbocycles. The standard InChI is InChI=1S/C78H58Cl3N9O14S3/c1-46-37-59(90-76(82-46)85-69(87-90)75(98)103-67(49-27-13-4-14-28-49)50-29-15-5-16-30-50)105-43-52-44-106-72-64(71(95)89(72)65(52)74(97)102-66(47-23-9-2-10-24-47)48-25-11-3-12-26-48)84-70(94)63(88-104-73(96)51-38-57(99-60(91)40-79)68(101-62(93)42-81)58(39-51)100-61(92)41-80)56-45-107-77(83-56)86-78(53-31-17-6-18-32-53,54-33-19-7-20-34-54)55-35-21-8-22-36-55/h2-39,45,64,66-67,72H,40-44H2,1H3,(H,83,86)(H,84,94)/b88-63+/t64-,72-/m1/s1. The number of aryl methyl sites for hydroxylation is 1. The van der Waals surface area contributed by atoms with Gasteiger partial charge in [-0.3, -0.25) is 28.9 Å². The van der Waals surface area contributed by atoms with Crippen LogP contribution in [0.1, 0.15) is 83.5 Å². The van der Waals surface area contributed by atoms with Gasteiger partial charge in [-0.05, 0) is 69.6 Å². The lowest BCUT2D eigenvalue weighted by Crippen LogP contribution is -2.71. The predicted octanol–water partition coefficient (Wildman–Crippen LogP) is 13.0. The maximum Gasteiger partial charge on any atom is 0.379 e. The number of thioether (sulfide) groups is 2. The molecule has 23 nitrogen and oxygen atoms in total. The van der Waals surface area contributed by atoms with Crippen molar-refractivity contribution >= 4 is 134 Å². The molecular formula is C78H58Cl3N9O14S3. The minimum Gasteiger partial charge on any atom is -0.448 e. The number of amides is 2. The molecule has 1 fully saturated rings. The molecule has 11 aromatic rings. The quantitative estimate of drug-likeness (QED) is 0.00462. The van der Waals surface area contributed by atoms with Crippen LogP contribution in [0.4, 0.5) is 5.13 Å². The summed E-state index contributed by atoms with van der Waals surface area (Å²) in [6, 6.07) is 67.6. The Labute approximate surface area is 638 Å². The molecule has 0 saturated carbocycles. The predicted molar refractivity (Wildman–Crippen MR) is 402 cm³/mol. The van der Waals surface area contributed by atoms with E-state index in [1.165, 1.54) is 38.3 Å². The number of fused-ring (bicyclic) bond motifs is 2. The molecule has 0 unspecified atom stereocenters. The molecule has 2 atom stereocenters. The van der Waals surface area contributed by atoms with Crippen LogP contribution >= 0.6 is 69.7 Å². The number of ether oxygens (including phenoxy) is 5. The summed E-state index contributed by atoms with van der Waals surface area (Å²) in [6.45, 7) is 1.75. The summed E-state index contributed by atoms with van der Waals surface area (Å²) in [4.78, 5) is 134. The summed E-state index contributed by atoms with van der Waals surface area (Å²) in [5, 5.41) is 16.4. The van der Waals surface area contributed by atoms with E-state index in [4.69, 9.17) is 68.3 Å². The molecule has 8 aromatic carbocycles. The minimum absolute atomic E-state index is 0.0472. The summed E-state index contributed by atoms with van der Waals surface area (Å²) in [5.74, 6) is -12.3. The number of halogens is 3. The maximum atomic E-state index is 15.4. The van der Waals surface area contributed by atoms with E-state index in [9.17, 15) is 24.0 Å². The zero-order valence-electron chi connectivity index (χ0n) is 56.1. The number of anilines is 1. The third-order valence-electron chi connectivity index (χ3n) is 16.7. The molecule has 13 rings (SSSR count). The van der Waals surface area contributed by atoms with Crippen molar-refractivity contribution < 1.29 is 66.9 Å². The molecule has 2 aliphatic heterocycles. The molecule has 0 spiro atoms. The Balaban J connectivity index is 0.851. The summed E-state index contributed by atoms with van der Waals surface area (Å²) in [5.41, 5.74) is 3.52. The van der Waals surface area contributed by atoms with Crippen LogP contribution in [0.3, 0.4) is 0 Å². The first-order chi connectivity index (χ1) is 52.1. The lowest BCUT2D eigenvalue weighted by molar-refractivity contribution is -0.154. The van der Waals surface area contributed by atoms with E-state index in [0.29, 0.717) is 27.4 Å². The number of nitrogens with one attached hydrogen (secondary N) is 2. The van der Waals surface area contributed by atoms with Gasteiger partial charge in [-0.1, -0.05) is 217 Å². The second-order valence-electron chi connectivity index (χ2n) is 23.7. The number of carbonyl (C=O) groups excluding carboxylic acids is 8.